The van der Waals surface area contributed by atoms with Crippen molar-refractivity contribution in [3.8, 4) is 6.07 Å². The predicted molar refractivity (Wildman–Crippen MR) is 74.4 cm³/mol. The van der Waals surface area contributed by atoms with Crippen LogP contribution >= 0.6 is 0 Å². The van der Waals surface area contributed by atoms with Gasteiger partial charge >= 0.3 is 0 Å². The Morgan fingerprint density at radius 2 is 2.05 bits per heavy atom. The molecule has 1 amide bonds. The molecule has 1 rings (SSSR count). The van der Waals surface area contributed by atoms with Crippen LogP contribution in [0.25, 0.3) is 0 Å². The molecule has 0 aliphatic heterocycles. The van der Waals surface area contributed by atoms with Crippen LogP contribution in [0.2, 0.25) is 0 Å². The zero-order chi connectivity index (χ0) is 14.5. The van der Waals surface area contributed by atoms with Crippen molar-refractivity contribution in [2.45, 2.75) is 65.5 Å². The fraction of sp³-hybridized carbons (Fsp3) is 0.867. The first kappa shape index (κ1) is 16.0. The molecule has 1 aliphatic carbocycles. The van der Waals surface area contributed by atoms with E-state index in [2.05, 4.69) is 18.3 Å². The van der Waals surface area contributed by atoms with Gasteiger partial charge in [0.15, 0.2) is 0 Å². The SMILES string of the molecule is C[C@@H]1CCCC[C@@H]1OCC(=O)N[C@H](C#N)C(C)(C)C. The number of carbonyl (C=O) groups is 1. The zero-order valence-corrected chi connectivity index (χ0v) is 12.5. The van der Waals surface area contributed by atoms with Crippen molar-refractivity contribution in [1.29, 1.82) is 5.26 Å². The van der Waals surface area contributed by atoms with Crippen LogP contribution in [-0.2, 0) is 9.53 Å². The minimum Gasteiger partial charge on any atom is -0.368 e. The van der Waals surface area contributed by atoms with Crippen LogP contribution in [-0.4, -0.2) is 24.7 Å². The third-order valence-corrected chi connectivity index (χ3v) is 3.76. The van der Waals surface area contributed by atoms with Gasteiger partial charge < -0.3 is 10.1 Å². The number of carbonyl (C=O) groups excluding carboxylic acids is 1. The topological polar surface area (TPSA) is 62.1 Å². The summed E-state index contributed by atoms with van der Waals surface area (Å²) in [6, 6.07) is 1.65. The second kappa shape index (κ2) is 6.91. The van der Waals surface area contributed by atoms with Gasteiger partial charge in [-0.25, -0.2) is 0 Å². The van der Waals surface area contributed by atoms with Crippen molar-refractivity contribution in [3.05, 3.63) is 0 Å². The quantitative estimate of drug-likeness (QED) is 0.851. The highest BCUT2D eigenvalue weighted by molar-refractivity contribution is 5.78. The highest BCUT2D eigenvalue weighted by Crippen LogP contribution is 2.26. The summed E-state index contributed by atoms with van der Waals surface area (Å²) < 4.78 is 5.69. The van der Waals surface area contributed by atoms with E-state index in [1.165, 1.54) is 19.3 Å². The third-order valence-electron chi connectivity index (χ3n) is 3.76. The monoisotopic (exact) mass is 266 g/mol. The molecule has 1 aliphatic rings. The van der Waals surface area contributed by atoms with E-state index in [1.54, 1.807) is 0 Å². The van der Waals surface area contributed by atoms with Gasteiger partial charge in [-0.1, -0.05) is 40.5 Å². The molecule has 1 N–H and O–H groups in total. The van der Waals surface area contributed by atoms with Gasteiger partial charge in [-0.3, -0.25) is 4.79 Å². The Kier molecular flexibility index (Phi) is 5.81. The lowest BCUT2D eigenvalue weighted by Gasteiger charge is -2.29. The minimum atomic E-state index is -0.479. The summed E-state index contributed by atoms with van der Waals surface area (Å²) in [6.07, 6.45) is 4.84. The second-order valence-electron chi connectivity index (χ2n) is 6.61. The Hall–Kier alpha value is -1.08. The lowest BCUT2D eigenvalue weighted by Crippen LogP contribution is -2.44. The molecule has 4 heteroatoms. The Labute approximate surface area is 116 Å². The number of amides is 1. The van der Waals surface area contributed by atoms with E-state index >= 15 is 0 Å². The normalized spacial score (nSPS) is 25.4. The van der Waals surface area contributed by atoms with Crippen molar-refractivity contribution in [1.82, 2.24) is 5.32 Å². The molecular formula is C15H26N2O2. The lowest BCUT2D eigenvalue weighted by atomic mass is 9.87. The lowest BCUT2D eigenvalue weighted by molar-refractivity contribution is -0.130. The molecule has 0 unspecified atom stereocenters. The molecule has 0 radical (unpaired) electrons. The molecule has 1 saturated carbocycles. The summed E-state index contributed by atoms with van der Waals surface area (Å²) in [5, 5.41) is 11.8. The average Bonchev–Trinajstić information content (AvgIpc) is 2.33. The first-order valence-electron chi connectivity index (χ1n) is 7.15. The van der Waals surface area contributed by atoms with Crippen LogP contribution in [0.4, 0.5) is 0 Å². The minimum absolute atomic E-state index is 0.0588. The van der Waals surface area contributed by atoms with Gasteiger partial charge in [0.05, 0.1) is 12.2 Å². The molecule has 0 saturated heterocycles. The van der Waals surface area contributed by atoms with Crippen LogP contribution in [0, 0.1) is 22.7 Å². The van der Waals surface area contributed by atoms with Gasteiger partial charge in [-0.15, -0.1) is 0 Å². The molecule has 19 heavy (non-hydrogen) atoms. The van der Waals surface area contributed by atoms with E-state index in [0.717, 1.165) is 6.42 Å². The smallest absolute Gasteiger partial charge is 0.247 e. The molecule has 0 aromatic carbocycles. The molecule has 0 bridgehead atoms. The van der Waals surface area contributed by atoms with Crippen molar-refractivity contribution < 1.29 is 9.53 Å². The van der Waals surface area contributed by atoms with Crippen LogP contribution in [0.15, 0.2) is 0 Å². The predicted octanol–water partition coefficient (Wildman–Crippen LogP) is 2.64. The summed E-state index contributed by atoms with van der Waals surface area (Å²) in [5.74, 6) is 0.329. The van der Waals surface area contributed by atoms with E-state index in [9.17, 15) is 4.79 Å². The van der Waals surface area contributed by atoms with Crippen molar-refractivity contribution in [2.24, 2.45) is 11.3 Å². The molecule has 4 nitrogen and oxygen atoms in total. The third kappa shape index (κ3) is 5.20. The van der Waals surface area contributed by atoms with E-state index < -0.39 is 6.04 Å². The molecule has 3 atom stereocenters. The van der Waals surface area contributed by atoms with E-state index in [1.807, 2.05) is 20.8 Å². The van der Waals surface area contributed by atoms with Gasteiger partial charge in [-0.05, 0) is 24.2 Å². The van der Waals surface area contributed by atoms with Crippen LogP contribution in [0.3, 0.4) is 0 Å². The summed E-state index contributed by atoms with van der Waals surface area (Å²) in [7, 11) is 0. The highest BCUT2D eigenvalue weighted by atomic mass is 16.5. The van der Waals surface area contributed by atoms with Gasteiger partial charge in [-0.2, -0.15) is 5.26 Å². The maximum absolute atomic E-state index is 11.8. The molecule has 0 heterocycles. The molecule has 0 spiro atoms. The Bertz CT molecular complexity index is 341. The van der Waals surface area contributed by atoms with Gasteiger partial charge in [0, 0.05) is 0 Å². The first-order chi connectivity index (χ1) is 8.84. The van der Waals surface area contributed by atoms with Crippen molar-refractivity contribution in [2.75, 3.05) is 6.61 Å². The highest BCUT2D eigenvalue weighted by Gasteiger charge is 2.27. The summed E-state index contributed by atoms with van der Waals surface area (Å²) >= 11 is 0. The fourth-order valence-corrected chi connectivity index (χ4v) is 2.36. The second-order valence-corrected chi connectivity index (χ2v) is 6.61. The summed E-state index contributed by atoms with van der Waals surface area (Å²) in [5.41, 5.74) is -0.261. The maximum atomic E-state index is 11.8. The number of nitriles is 1. The van der Waals surface area contributed by atoms with Crippen LogP contribution < -0.4 is 5.32 Å². The summed E-state index contributed by atoms with van der Waals surface area (Å²) in [4.78, 5) is 11.8. The van der Waals surface area contributed by atoms with Crippen LogP contribution in [0.1, 0.15) is 53.4 Å². The average molecular weight is 266 g/mol. The first-order valence-corrected chi connectivity index (χ1v) is 7.15. The van der Waals surface area contributed by atoms with E-state index in [0.29, 0.717) is 5.92 Å². The maximum Gasteiger partial charge on any atom is 0.247 e. The molecule has 0 aromatic rings. The van der Waals surface area contributed by atoms with Gasteiger partial charge in [0.2, 0.25) is 5.91 Å². The van der Waals surface area contributed by atoms with Gasteiger partial charge in [0.1, 0.15) is 12.6 Å². The number of nitrogens with zero attached hydrogens (tertiary/aromatic N) is 1. The number of nitrogens with one attached hydrogen (secondary N) is 1. The Balaban J connectivity index is 2.37. The Morgan fingerprint density at radius 3 is 2.58 bits per heavy atom. The summed E-state index contributed by atoms with van der Waals surface area (Å²) in [6.45, 7) is 8.04. The number of hydrogen-bond acceptors (Lipinski definition) is 3. The molecular weight excluding hydrogens is 240 g/mol. The van der Waals surface area contributed by atoms with Crippen molar-refractivity contribution >= 4 is 5.91 Å². The molecule has 108 valence electrons. The molecule has 1 fully saturated rings. The standard InChI is InChI=1S/C15H26N2O2/c1-11-7-5-6-8-12(11)19-10-14(18)17-13(9-16)15(2,3)4/h11-13H,5-8,10H2,1-4H3,(H,17,18)/t11-,12+,13-/m1/s1. The Morgan fingerprint density at radius 1 is 1.42 bits per heavy atom. The number of rotatable bonds is 4. The van der Waals surface area contributed by atoms with E-state index in [-0.39, 0.29) is 24.0 Å². The van der Waals surface area contributed by atoms with Crippen molar-refractivity contribution in [3.63, 3.8) is 0 Å². The van der Waals surface area contributed by atoms with Crippen LogP contribution in [0.5, 0.6) is 0 Å². The fourth-order valence-electron chi connectivity index (χ4n) is 2.36. The molecule has 0 aromatic heterocycles. The number of ether oxygens (including phenoxy) is 1. The zero-order valence-electron chi connectivity index (χ0n) is 12.5. The largest absolute Gasteiger partial charge is 0.368 e. The van der Waals surface area contributed by atoms with E-state index in [4.69, 9.17) is 10.00 Å². The number of hydrogen-bond donors (Lipinski definition) is 1. The van der Waals surface area contributed by atoms with Gasteiger partial charge in [0.25, 0.3) is 0 Å².